The third-order valence-corrected chi connectivity index (χ3v) is 2.15. The summed E-state index contributed by atoms with van der Waals surface area (Å²) in [6.07, 6.45) is -1.28. The van der Waals surface area contributed by atoms with Gasteiger partial charge in [0, 0.05) is 13.1 Å². The molecule has 0 spiro atoms. The number of nitrogens with two attached hydrogens (primary N) is 2. The second kappa shape index (κ2) is 8.24. The van der Waals surface area contributed by atoms with Gasteiger partial charge in [-0.25, -0.2) is 0 Å². The van der Waals surface area contributed by atoms with Gasteiger partial charge in [-0.2, -0.15) is 0 Å². The summed E-state index contributed by atoms with van der Waals surface area (Å²) in [4.78, 5) is 0. The number of benzene rings is 1. The zero-order valence-corrected chi connectivity index (χ0v) is 9.93. The highest BCUT2D eigenvalue weighted by Crippen LogP contribution is 2.16. The molecule has 4 nitrogen and oxygen atoms in total. The summed E-state index contributed by atoms with van der Waals surface area (Å²) in [6.45, 7) is 4.39. The molecule has 16 heavy (non-hydrogen) atoms. The smallest absolute Gasteiger partial charge is 0.0912 e. The van der Waals surface area contributed by atoms with Crippen LogP contribution in [0.5, 0.6) is 0 Å². The monoisotopic (exact) mass is 226 g/mol. The number of rotatable bonds is 4. The van der Waals surface area contributed by atoms with Gasteiger partial charge >= 0.3 is 0 Å². The predicted octanol–water partition coefficient (Wildman–Crippen LogP) is 0.697. The zero-order chi connectivity index (χ0) is 12.6. The molecule has 4 heteroatoms. The summed E-state index contributed by atoms with van der Waals surface area (Å²) in [7, 11) is 0. The van der Waals surface area contributed by atoms with Crippen LogP contribution in [0.15, 0.2) is 24.3 Å². The number of hydrogen-bond acceptors (Lipinski definition) is 4. The maximum Gasteiger partial charge on any atom is 0.0912 e. The summed E-state index contributed by atoms with van der Waals surface area (Å²) in [5.41, 5.74) is 12.1. The van der Waals surface area contributed by atoms with E-state index in [-0.39, 0.29) is 13.1 Å². The van der Waals surface area contributed by atoms with Crippen molar-refractivity contribution in [3.8, 4) is 0 Å². The third-order valence-electron chi connectivity index (χ3n) is 2.15. The quantitative estimate of drug-likeness (QED) is 0.608. The molecule has 0 amide bonds. The lowest BCUT2D eigenvalue weighted by atomic mass is 10.0. The molecule has 0 saturated heterocycles. The molecule has 1 aromatic rings. The first-order valence-electron chi connectivity index (χ1n) is 5.55. The Kier molecular flexibility index (Phi) is 7.76. The minimum Gasteiger partial charge on any atom is -0.387 e. The first-order chi connectivity index (χ1) is 7.69. The lowest BCUT2D eigenvalue weighted by molar-refractivity contribution is 0.183. The molecular weight excluding hydrogens is 204 g/mol. The molecule has 1 rings (SSSR count). The van der Waals surface area contributed by atoms with Crippen LogP contribution in [0.1, 0.15) is 37.2 Å². The molecule has 0 bridgehead atoms. The molecule has 0 aliphatic heterocycles. The van der Waals surface area contributed by atoms with Gasteiger partial charge in [-0.05, 0) is 11.1 Å². The maximum atomic E-state index is 9.40. The van der Waals surface area contributed by atoms with Crippen LogP contribution in [0.4, 0.5) is 0 Å². The van der Waals surface area contributed by atoms with E-state index < -0.39 is 12.2 Å². The molecule has 2 atom stereocenters. The molecule has 0 aliphatic rings. The van der Waals surface area contributed by atoms with Crippen molar-refractivity contribution in [2.45, 2.75) is 26.1 Å². The normalized spacial score (nSPS) is 13.6. The van der Waals surface area contributed by atoms with Crippen molar-refractivity contribution in [2.24, 2.45) is 11.5 Å². The van der Waals surface area contributed by atoms with Gasteiger partial charge in [0.25, 0.3) is 0 Å². The summed E-state index contributed by atoms with van der Waals surface area (Å²) in [5.74, 6) is 0. The molecule has 92 valence electrons. The van der Waals surface area contributed by atoms with Gasteiger partial charge in [-0.15, -0.1) is 0 Å². The average molecular weight is 226 g/mol. The van der Waals surface area contributed by atoms with E-state index >= 15 is 0 Å². The molecule has 0 fully saturated rings. The van der Waals surface area contributed by atoms with E-state index in [0.717, 1.165) is 11.1 Å². The van der Waals surface area contributed by atoms with Crippen molar-refractivity contribution in [3.05, 3.63) is 35.4 Å². The Bertz CT molecular complexity index is 246. The van der Waals surface area contributed by atoms with E-state index in [1.165, 1.54) is 0 Å². The Morgan fingerprint density at radius 1 is 0.875 bits per heavy atom. The molecule has 0 aromatic heterocycles. The first kappa shape index (κ1) is 15.1. The van der Waals surface area contributed by atoms with E-state index in [1.807, 2.05) is 13.8 Å². The van der Waals surface area contributed by atoms with Crippen LogP contribution in [-0.4, -0.2) is 23.3 Å². The number of aliphatic hydroxyl groups excluding tert-OH is 2. The van der Waals surface area contributed by atoms with Crippen molar-refractivity contribution in [1.82, 2.24) is 0 Å². The standard InChI is InChI=1S/C10H16N2O2.C2H6/c11-5-9(13)7-1-2-8(4-3-7)10(14)6-12;1-2/h1-4,9-10,13-14H,5-6,11-12H2;1-2H3. The van der Waals surface area contributed by atoms with Crippen molar-refractivity contribution in [3.63, 3.8) is 0 Å². The molecule has 0 radical (unpaired) electrons. The second-order valence-electron chi connectivity index (χ2n) is 3.17. The van der Waals surface area contributed by atoms with Crippen molar-refractivity contribution >= 4 is 0 Å². The molecule has 2 unspecified atom stereocenters. The van der Waals surface area contributed by atoms with Crippen LogP contribution in [0.2, 0.25) is 0 Å². The fourth-order valence-electron chi connectivity index (χ4n) is 1.21. The molecule has 1 aromatic carbocycles. The SMILES string of the molecule is CC.NCC(O)c1ccc(C(O)CN)cc1. The van der Waals surface area contributed by atoms with E-state index in [9.17, 15) is 10.2 Å². The Labute approximate surface area is 96.9 Å². The van der Waals surface area contributed by atoms with Gasteiger partial charge in [0.2, 0.25) is 0 Å². The van der Waals surface area contributed by atoms with Crippen molar-refractivity contribution in [1.29, 1.82) is 0 Å². The van der Waals surface area contributed by atoms with Gasteiger partial charge in [0.05, 0.1) is 12.2 Å². The van der Waals surface area contributed by atoms with Crippen molar-refractivity contribution < 1.29 is 10.2 Å². The Hall–Kier alpha value is -0.940. The molecule has 0 saturated carbocycles. The number of hydrogen-bond donors (Lipinski definition) is 4. The van der Waals surface area contributed by atoms with Crippen LogP contribution in [-0.2, 0) is 0 Å². The van der Waals surface area contributed by atoms with Crippen LogP contribution >= 0.6 is 0 Å². The summed E-state index contributed by atoms with van der Waals surface area (Å²) in [6, 6.07) is 6.97. The summed E-state index contributed by atoms with van der Waals surface area (Å²) < 4.78 is 0. The predicted molar refractivity (Wildman–Crippen MR) is 65.8 cm³/mol. The average Bonchev–Trinajstić information content (AvgIpc) is 2.39. The van der Waals surface area contributed by atoms with Crippen LogP contribution in [0.3, 0.4) is 0 Å². The largest absolute Gasteiger partial charge is 0.387 e. The minimum atomic E-state index is -0.640. The lowest BCUT2D eigenvalue weighted by Gasteiger charge is -2.11. The highest BCUT2D eigenvalue weighted by atomic mass is 16.3. The van der Waals surface area contributed by atoms with Gasteiger partial charge < -0.3 is 21.7 Å². The highest BCUT2D eigenvalue weighted by molar-refractivity contribution is 5.25. The zero-order valence-electron chi connectivity index (χ0n) is 9.93. The summed E-state index contributed by atoms with van der Waals surface area (Å²) in [5, 5.41) is 18.8. The molecule has 0 heterocycles. The van der Waals surface area contributed by atoms with Gasteiger partial charge in [-0.1, -0.05) is 38.1 Å². The maximum absolute atomic E-state index is 9.40. The van der Waals surface area contributed by atoms with E-state index in [4.69, 9.17) is 11.5 Å². The van der Waals surface area contributed by atoms with E-state index in [2.05, 4.69) is 0 Å². The fourth-order valence-corrected chi connectivity index (χ4v) is 1.21. The topological polar surface area (TPSA) is 92.5 Å². The van der Waals surface area contributed by atoms with Gasteiger partial charge in [0.1, 0.15) is 0 Å². The Morgan fingerprint density at radius 2 is 1.12 bits per heavy atom. The lowest BCUT2D eigenvalue weighted by Crippen LogP contribution is -2.13. The number of aliphatic hydroxyl groups is 2. The Balaban J connectivity index is 0.00000106. The highest BCUT2D eigenvalue weighted by Gasteiger charge is 2.07. The van der Waals surface area contributed by atoms with Gasteiger partial charge in [-0.3, -0.25) is 0 Å². The van der Waals surface area contributed by atoms with Crippen LogP contribution in [0, 0.1) is 0 Å². The fraction of sp³-hybridized carbons (Fsp3) is 0.500. The Morgan fingerprint density at radius 3 is 1.31 bits per heavy atom. The molecular formula is C12H22N2O2. The van der Waals surface area contributed by atoms with Gasteiger partial charge in [0.15, 0.2) is 0 Å². The second-order valence-corrected chi connectivity index (χ2v) is 3.17. The third kappa shape index (κ3) is 4.28. The van der Waals surface area contributed by atoms with Crippen LogP contribution in [0.25, 0.3) is 0 Å². The van der Waals surface area contributed by atoms with E-state index in [1.54, 1.807) is 24.3 Å². The van der Waals surface area contributed by atoms with Crippen LogP contribution < -0.4 is 11.5 Å². The first-order valence-corrected chi connectivity index (χ1v) is 5.55. The molecule has 0 aliphatic carbocycles. The van der Waals surface area contributed by atoms with Crippen molar-refractivity contribution in [2.75, 3.05) is 13.1 Å². The minimum absolute atomic E-state index is 0.193. The summed E-state index contributed by atoms with van der Waals surface area (Å²) >= 11 is 0. The molecule has 6 N–H and O–H groups in total. The van der Waals surface area contributed by atoms with E-state index in [0.29, 0.717) is 0 Å².